The van der Waals surface area contributed by atoms with E-state index in [2.05, 4.69) is 78.4 Å². The number of fused-ring (bicyclic) bond motifs is 4. The van der Waals surface area contributed by atoms with Crippen LogP contribution < -0.4 is 0 Å². The van der Waals surface area contributed by atoms with Gasteiger partial charge in [-0.05, 0) is 60.6 Å². The van der Waals surface area contributed by atoms with Crippen LogP contribution in [0, 0.1) is 5.41 Å². The highest BCUT2D eigenvalue weighted by Gasteiger charge is 2.20. The summed E-state index contributed by atoms with van der Waals surface area (Å²) >= 11 is 0. The van der Waals surface area contributed by atoms with Crippen LogP contribution >= 0.6 is 0 Å². The molecule has 4 aromatic carbocycles. The third-order valence-electron chi connectivity index (χ3n) is 9.21. The van der Waals surface area contributed by atoms with E-state index in [4.69, 9.17) is 24.8 Å². The molecule has 0 unspecified atom stereocenters. The van der Waals surface area contributed by atoms with Crippen molar-refractivity contribution >= 4 is 74.8 Å². The summed E-state index contributed by atoms with van der Waals surface area (Å²) in [4.78, 5) is 19.4. The molecule has 0 saturated heterocycles. The smallest absolute Gasteiger partial charge is 0.160 e. The minimum absolute atomic E-state index is 0.430. The van der Waals surface area contributed by atoms with Crippen LogP contribution in [0.2, 0.25) is 0 Å². The maximum absolute atomic E-state index is 7.90. The number of aromatic nitrogens is 1. The molecule has 51 heavy (non-hydrogen) atoms. The van der Waals surface area contributed by atoms with Gasteiger partial charge in [-0.3, -0.25) is 10.4 Å². The van der Waals surface area contributed by atoms with Gasteiger partial charge in [0.2, 0.25) is 0 Å². The van der Waals surface area contributed by atoms with Crippen LogP contribution in [0.4, 0.5) is 5.69 Å². The number of hydrogen-bond donors (Lipinski definition) is 1. The van der Waals surface area contributed by atoms with Gasteiger partial charge in [0.05, 0.1) is 16.9 Å². The van der Waals surface area contributed by atoms with Crippen molar-refractivity contribution in [3.05, 3.63) is 156 Å². The van der Waals surface area contributed by atoms with Gasteiger partial charge in [0, 0.05) is 50.8 Å². The highest BCUT2D eigenvalue weighted by molar-refractivity contribution is 6.17. The Labute approximate surface area is 296 Å². The molecule has 0 amide bonds. The van der Waals surface area contributed by atoms with E-state index in [-0.39, 0.29) is 0 Å². The predicted octanol–water partition coefficient (Wildman–Crippen LogP) is 11.6. The van der Waals surface area contributed by atoms with Gasteiger partial charge in [-0.15, -0.1) is 0 Å². The number of rotatable bonds is 8. The van der Waals surface area contributed by atoms with E-state index in [1.54, 1.807) is 0 Å². The first-order chi connectivity index (χ1) is 25.2. The molecule has 0 atom stereocenters. The fourth-order valence-corrected chi connectivity index (χ4v) is 6.69. The fraction of sp³-hybridized carbons (Fsp3) is 0.0889. The first-order valence-electron chi connectivity index (χ1n) is 17.2. The number of nitrogens with one attached hydrogen (secondary N) is 1. The topological polar surface area (TPSA) is 87.0 Å². The molecule has 1 N–H and O–H groups in total. The number of furan rings is 1. The van der Waals surface area contributed by atoms with E-state index in [1.165, 1.54) is 0 Å². The van der Waals surface area contributed by atoms with Gasteiger partial charge >= 0.3 is 0 Å². The predicted molar refractivity (Wildman–Crippen MR) is 215 cm³/mol. The second-order valence-electron chi connectivity index (χ2n) is 12.5. The van der Waals surface area contributed by atoms with Crippen molar-refractivity contribution < 1.29 is 4.42 Å². The van der Waals surface area contributed by atoms with Gasteiger partial charge < -0.3 is 4.42 Å². The summed E-state index contributed by atoms with van der Waals surface area (Å²) in [5.41, 5.74) is 10.4. The average molecular weight is 662 g/mol. The van der Waals surface area contributed by atoms with Crippen molar-refractivity contribution in [1.29, 1.82) is 5.41 Å². The zero-order chi connectivity index (χ0) is 34.6. The van der Waals surface area contributed by atoms with Crippen molar-refractivity contribution in [2.24, 2.45) is 15.0 Å². The SMILES string of the molecule is C=Cc1ccc2ccc(-c3cc(C(=N/C=N)/N=C/C4=CCCC=C4)cc4c3oc3c(C5=CCCC=C5)cccc34)nc2c1/N=C/c1ccccc1. The zero-order valence-electron chi connectivity index (χ0n) is 28.1. The quantitative estimate of drug-likeness (QED) is 0.130. The summed E-state index contributed by atoms with van der Waals surface area (Å²) in [6.45, 7) is 4.07. The molecule has 2 heterocycles. The average Bonchev–Trinajstić information content (AvgIpc) is 3.58. The Hall–Kier alpha value is -6.53. The van der Waals surface area contributed by atoms with Gasteiger partial charge in [-0.1, -0.05) is 116 Å². The van der Waals surface area contributed by atoms with Crippen LogP contribution in [0.25, 0.3) is 55.7 Å². The maximum atomic E-state index is 7.90. The zero-order valence-corrected chi connectivity index (χ0v) is 28.1. The molecule has 6 nitrogen and oxygen atoms in total. The number of allylic oxidation sites excluding steroid dienone is 8. The molecule has 0 spiro atoms. The summed E-state index contributed by atoms with van der Waals surface area (Å²) < 4.78 is 6.86. The highest BCUT2D eigenvalue weighted by Crippen LogP contribution is 2.41. The molecular weight excluding hydrogens is 627 g/mol. The molecule has 0 aliphatic heterocycles. The van der Waals surface area contributed by atoms with Crippen molar-refractivity contribution in [2.75, 3.05) is 0 Å². The summed E-state index contributed by atoms with van der Waals surface area (Å²) in [6, 6.07) is 28.6. The Kier molecular flexibility index (Phi) is 8.79. The van der Waals surface area contributed by atoms with Gasteiger partial charge in [-0.25, -0.2) is 15.0 Å². The fourth-order valence-electron chi connectivity index (χ4n) is 6.69. The molecule has 0 saturated carbocycles. The van der Waals surface area contributed by atoms with Crippen LogP contribution in [-0.2, 0) is 0 Å². The number of aliphatic imine (C=N–C) groups is 3. The molecule has 246 valence electrons. The number of pyridine rings is 1. The number of amidine groups is 1. The molecule has 2 aliphatic carbocycles. The Morgan fingerprint density at radius 1 is 0.784 bits per heavy atom. The summed E-state index contributed by atoms with van der Waals surface area (Å²) in [6.07, 6.45) is 23.6. The largest absolute Gasteiger partial charge is 0.455 e. The van der Waals surface area contributed by atoms with Crippen LogP contribution in [-0.4, -0.2) is 29.6 Å². The molecule has 6 aromatic rings. The van der Waals surface area contributed by atoms with Gasteiger partial charge in [0.15, 0.2) is 5.84 Å². The molecule has 8 rings (SSSR count). The summed E-state index contributed by atoms with van der Waals surface area (Å²) in [5.74, 6) is 0.430. The molecular formula is C45H35N5O. The van der Waals surface area contributed by atoms with E-state index in [9.17, 15) is 0 Å². The molecule has 2 aliphatic rings. The van der Waals surface area contributed by atoms with Crippen molar-refractivity contribution in [3.63, 3.8) is 0 Å². The van der Waals surface area contributed by atoms with Crippen LogP contribution in [0.5, 0.6) is 0 Å². The monoisotopic (exact) mass is 661 g/mol. The molecule has 0 fully saturated rings. The van der Waals surface area contributed by atoms with Crippen molar-refractivity contribution in [1.82, 2.24) is 4.98 Å². The van der Waals surface area contributed by atoms with Crippen LogP contribution in [0.1, 0.15) is 47.9 Å². The molecule has 2 aromatic heterocycles. The minimum Gasteiger partial charge on any atom is -0.455 e. The third-order valence-corrected chi connectivity index (χ3v) is 9.21. The normalized spacial score (nSPS) is 14.9. The Balaban J connectivity index is 1.37. The third kappa shape index (κ3) is 6.35. The van der Waals surface area contributed by atoms with Crippen molar-refractivity contribution in [2.45, 2.75) is 25.7 Å². The second kappa shape index (κ2) is 14.1. The van der Waals surface area contributed by atoms with Crippen LogP contribution in [0.3, 0.4) is 0 Å². The number of benzene rings is 4. The van der Waals surface area contributed by atoms with E-state index in [0.29, 0.717) is 5.84 Å². The minimum atomic E-state index is 0.430. The first kappa shape index (κ1) is 31.7. The van der Waals surface area contributed by atoms with Gasteiger partial charge in [-0.2, -0.15) is 0 Å². The number of hydrogen-bond acceptors (Lipinski definition) is 4. The lowest BCUT2D eigenvalue weighted by molar-refractivity contribution is 0.668. The Morgan fingerprint density at radius 2 is 1.61 bits per heavy atom. The lowest BCUT2D eigenvalue weighted by atomic mass is 9.96. The van der Waals surface area contributed by atoms with E-state index >= 15 is 0 Å². The lowest BCUT2D eigenvalue weighted by Crippen LogP contribution is -2.01. The highest BCUT2D eigenvalue weighted by atomic mass is 16.3. The Morgan fingerprint density at radius 3 is 2.39 bits per heavy atom. The van der Waals surface area contributed by atoms with Crippen molar-refractivity contribution in [3.8, 4) is 11.3 Å². The first-order valence-corrected chi connectivity index (χ1v) is 17.2. The van der Waals surface area contributed by atoms with E-state index in [0.717, 1.165) is 115 Å². The van der Waals surface area contributed by atoms with E-state index < -0.39 is 0 Å². The number of para-hydroxylation sites is 1. The summed E-state index contributed by atoms with van der Waals surface area (Å²) in [5, 5.41) is 10.8. The number of nitrogens with zero attached hydrogens (tertiary/aromatic N) is 4. The maximum Gasteiger partial charge on any atom is 0.160 e. The molecule has 0 bridgehead atoms. The van der Waals surface area contributed by atoms with Gasteiger partial charge in [0.1, 0.15) is 17.5 Å². The Bertz CT molecular complexity index is 2560. The lowest BCUT2D eigenvalue weighted by Gasteiger charge is -2.10. The second-order valence-corrected chi connectivity index (χ2v) is 12.5. The summed E-state index contributed by atoms with van der Waals surface area (Å²) in [7, 11) is 0. The van der Waals surface area contributed by atoms with Gasteiger partial charge in [0.25, 0.3) is 0 Å². The van der Waals surface area contributed by atoms with Crippen LogP contribution in [0.15, 0.2) is 153 Å². The molecule has 6 heteroatoms. The van der Waals surface area contributed by atoms with E-state index in [1.807, 2.05) is 73.1 Å². The standard InChI is InChI=1S/C45H35N5O/c1-2-32-21-22-34-23-24-40(50-42(34)41(32)47-27-30-13-6-3-7-14-30)39-26-35(45(49-29-46)48-28-31-15-8-4-9-16-31)25-38-37-20-12-19-36(43(37)51-44(38)39)33-17-10-5-11-18-33/h2-3,6-8,10,12-29,46H,1,4-5,9,11H2/b46-29?,47-27+,48-28+,49-45-. The molecule has 0 radical (unpaired) electrons.